The van der Waals surface area contributed by atoms with Gasteiger partial charge in [-0.3, -0.25) is 4.55 Å². The number of rotatable bonds is 6. The third-order valence-corrected chi connectivity index (χ3v) is 4.63. The highest BCUT2D eigenvalue weighted by Crippen LogP contribution is 2.43. The van der Waals surface area contributed by atoms with E-state index in [1.165, 1.54) is 27.7 Å². The molecule has 0 amide bonds. The summed E-state index contributed by atoms with van der Waals surface area (Å²) in [6.45, 7) is 5.25. The lowest BCUT2D eigenvalue weighted by Crippen LogP contribution is -2.55. The van der Waals surface area contributed by atoms with Gasteiger partial charge in [-0.1, -0.05) is 0 Å². The fourth-order valence-electron chi connectivity index (χ4n) is 2.54. The summed E-state index contributed by atoms with van der Waals surface area (Å²) in [5.74, 6) is -2.41. The van der Waals surface area contributed by atoms with E-state index in [1.54, 1.807) is 0 Å². The lowest BCUT2D eigenvalue weighted by atomic mass is 10.1. The zero-order chi connectivity index (χ0) is 20.2. The van der Waals surface area contributed by atoms with Gasteiger partial charge < -0.3 is 23.7 Å². The standard InChI is InChI=1S/C13H20F4O8S/c1-10(2)21-5-7(23-10)9(8-6-22-11(3,4)24-8)25-12(14,15)13(16,17)26(18,19)20/h7-9H,5-6H2,1-4H3,(H,18,19,20). The Labute approximate surface area is 147 Å². The second kappa shape index (κ2) is 6.50. The van der Waals surface area contributed by atoms with Crippen LogP contribution in [0.25, 0.3) is 0 Å². The predicted molar refractivity (Wildman–Crippen MR) is 76.1 cm³/mol. The lowest BCUT2D eigenvalue weighted by molar-refractivity contribution is -0.354. The molecule has 8 nitrogen and oxygen atoms in total. The van der Waals surface area contributed by atoms with Gasteiger partial charge in [0.15, 0.2) is 11.6 Å². The number of ether oxygens (including phenoxy) is 5. The molecule has 2 heterocycles. The van der Waals surface area contributed by atoms with Crippen LogP contribution in [0.4, 0.5) is 17.6 Å². The first kappa shape index (κ1) is 21.7. The molecule has 13 heteroatoms. The highest BCUT2D eigenvalue weighted by Gasteiger charge is 2.69. The molecule has 2 aliphatic rings. The van der Waals surface area contributed by atoms with Gasteiger partial charge in [0, 0.05) is 0 Å². The van der Waals surface area contributed by atoms with Crippen molar-refractivity contribution in [3.63, 3.8) is 0 Å². The third kappa shape index (κ3) is 4.29. The Morgan fingerprint density at radius 2 is 1.38 bits per heavy atom. The van der Waals surface area contributed by atoms with Crippen molar-refractivity contribution in [2.24, 2.45) is 0 Å². The van der Waals surface area contributed by atoms with Crippen LogP contribution in [0.15, 0.2) is 0 Å². The van der Waals surface area contributed by atoms with Crippen LogP contribution in [0.5, 0.6) is 0 Å². The minimum atomic E-state index is -6.45. The zero-order valence-electron chi connectivity index (χ0n) is 14.4. The maximum Gasteiger partial charge on any atom is 0.459 e. The number of alkyl halides is 4. The molecule has 0 aromatic rings. The summed E-state index contributed by atoms with van der Waals surface area (Å²) in [4.78, 5) is 0. The largest absolute Gasteiger partial charge is 0.459 e. The van der Waals surface area contributed by atoms with Gasteiger partial charge in [-0.05, 0) is 27.7 Å². The molecule has 1 N–H and O–H groups in total. The highest BCUT2D eigenvalue weighted by molar-refractivity contribution is 7.86. The van der Waals surface area contributed by atoms with Crippen molar-refractivity contribution >= 4 is 10.1 Å². The average molecular weight is 412 g/mol. The molecular weight excluding hydrogens is 392 g/mol. The summed E-state index contributed by atoms with van der Waals surface area (Å²) in [5, 5.41) is -5.89. The summed E-state index contributed by atoms with van der Waals surface area (Å²) in [5.41, 5.74) is 0. The van der Waals surface area contributed by atoms with E-state index >= 15 is 0 Å². The van der Waals surface area contributed by atoms with Crippen molar-refractivity contribution in [1.82, 2.24) is 0 Å². The molecule has 154 valence electrons. The Bertz CT molecular complexity index is 610. The van der Waals surface area contributed by atoms with Crippen molar-refractivity contribution in [2.75, 3.05) is 13.2 Å². The molecule has 2 unspecified atom stereocenters. The zero-order valence-corrected chi connectivity index (χ0v) is 15.2. The summed E-state index contributed by atoms with van der Waals surface area (Å²) in [6.07, 6.45) is -10.0. The van der Waals surface area contributed by atoms with E-state index in [0.29, 0.717) is 0 Å². The van der Waals surface area contributed by atoms with Gasteiger partial charge in [0.25, 0.3) is 0 Å². The van der Waals surface area contributed by atoms with Gasteiger partial charge in [-0.15, -0.1) is 0 Å². The quantitative estimate of drug-likeness (QED) is 0.520. The molecule has 2 aliphatic heterocycles. The van der Waals surface area contributed by atoms with Crippen LogP contribution < -0.4 is 0 Å². The molecule has 0 aliphatic carbocycles. The molecule has 0 aromatic carbocycles. The Morgan fingerprint density at radius 3 is 1.65 bits per heavy atom. The predicted octanol–water partition coefficient (Wildman–Crippen LogP) is 1.75. The molecule has 2 fully saturated rings. The fraction of sp³-hybridized carbons (Fsp3) is 1.00. The van der Waals surface area contributed by atoms with Gasteiger partial charge in [0.2, 0.25) is 0 Å². The molecular formula is C13H20F4O8S. The molecule has 0 aromatic heterocycles. The second-order valence-electron chi connectivity index (χ2n) is 6.83. The van der Waals surface area contributed by atoms with E-state index in [2.05, 4.69) is 4.74 Å². The van der Waals surface area contributed by atoms with E-state index < -0.39 is 51.4 Å². The van der Waals surface area contributed by atoms with E-state index in [9.17, 15) is 26.0 Å². The molecule has 26 heavy (non-hydrogen) atoms. The van der Waals surface area contributed by atoms with E-state index in [-0.39, 0.29) is 13.2 Å². The van der Waals surface area contributed by atoms with Crippen LogP contribution in [0.1, 0.15) is 27.7 Å². The third-order valence-electron chi connectivity index (χ3n) is 3.74. The Hall–Kier alpha value is -0.570. The summed E-state index contributed by atoms with van der Waals surface area (Å²) < 4.78 is 110. The van der Waals surface area contributed by atoms with Crippen molar-refractivity contribution < 1.29 is 54.2 Å². The molecule has 2 atom stereocenters. The first-order valence-corrected chi connectivity index (χ1v) is 8.95. The molecule has 0 radical (unpaired) electrons. The minimum Gasteiger partial charge on any atom is -0.348 e. The maximum absolute atomic E-state index is 13.9. The van der Waals surface area contributed by atoms with Crippen molar-refractivity contribution in [1.29, 1.82) is 0 Å². The SMILES string of the molecule is CC1(C)OCC(C(OC(F)(F)C(F)(F)S(=O)(=O)O)C2COC(C)(C)O2)O1. The summed E-state index contributed by atoms with van der Waals surface area (Å²) >= 11 is 0. The van der Waals surface area contributed by atoms with Crippen LogP contribution in [-0.2, 0) is 33.8 Å². The maximum atomic E-state index is 13.9. The van der Waals surface area contributed by atoms with Gasteiger partial charge in [0.1, 0.15) is 18.3 Å². The monoisotopic (exact) mass is 412 g/mol. The fourth-order valence-corrected chi connectivity index (χ4v) is 2.88. The van der Waals surface area contributed by atoms with Gasteiger partial charge in [-0.2, -0.15) is 26.0 Å². The van der Waals surface area contributed by atoms with Crippen LogP contribution in [0.3, 0.4) is 0 Å². The van der Waals surface area contributed by atoms with E-state index in [1.807, 2.05) is 0 Å². The van der Waals surface area contributed by atoms with Crippen molar-refractivity contribution in [3.05, 3.63) is 0 Å². The Kier molecular flexibility index (Phi) is 5.43. The molecule has 0 spiro atoms. The minimum absolute atomic E-state index is 0.300. The van der Waals surface area contributed by atoms with Gasteiger partial charge >= 0.3 is 21.5 Å². The van der Waals surface area contributed by atoms with Crippen LogP contribution >= 0.6 is 0 Å². The summed E-state index contributed by atoms with van der Waals surface area (Å²) in [6, 6.07) is 0. The average Bonchev–Trinajstić information content (AvgIpc) is 2.97. The Balaban J connectivity index is 2.30. The lowest BCUT2D eigenvalue weighted by Gasteiger charge is -2.33. The first-order valence-electron chi connectivity index (χ1n) is 7.51. The van der Waals surface area contributed by atoms with Crippen LogP contribution in [-0.4, -0.2) is 67.4 Å². The summed E-state index contributed by atoms with van der Waals surface area (Å²) in [7, 11) is -6.45. The van der Waals surface area contributed by atoms with Crippen molar-refractivity contribution in [2.45, 2.75) is 68.9 Å². The normalized spacial score (nSPS) is 30.5. The van der Waals surface area contributed by atoms with E-state index in [0.717, 1.165) is 0 Å². The molecule has 2 rings (SSSR count). The molecule has 0 saturated carbocycles. The van der Waals surface area contributed by atoms with Gasteiger partial charge in [-0.25, -0.2) is 0 Å². The second-order valence-corrected chi connectivity index (χ2v) is 8.29. The first-order chi connectivity index (χ1) is 11.5. The van der Waals surface area contributed by atoms with E-state index in [4.69, 9.17) is 23.5 Å². The number of halogens is 4. The smallest absolute Gasteiger partial charge is 0.348 e. The Morgan fingerprint density at radius 1 is 1.00 bits per heavy atom. The molecule has 2 saturated heterocycles. The molecule has 0 bridgehead atoms. The van der Waals surface area contributed by atoms with Crippen molar-refractivity contribution in [3.8, 4) is 0 Å². The number of hydrogen-bond acceptors (Lipinski definition) is 7. The van der Waals surface area contributed by atoms with Crippen LogP contribution in [0, 0.1) is 0 Å². The van der Waals surface area contributed by atoms with Gasteiger partial charge in [0.05, 0.1) is 13.2 Å². The number of hydrogen-bond donors (Lipinski definition) is 1. The topological polar surface area (TPSA) is 101 Å². The highest BCUT2D eigenvalue weighted by atomic mass is 32.2. The van der Waals surface area contributed by atoms with Crippen LogP contribution in [0.2, 0.25) is 0 Å².